The Bertz CT molecular complexity index is 6020. The van der Waals surface area contributed by atoms with Gasteiger partial charge in [-0.1, -0.05) is 175 Å². The van der Waals surface area contributed by atoms with E-state index in [-0.39, 0.29) is 0 Å². The van der Waals surface area contributed by atoms with Crippen LogP contribution in [0.4, 0.5) is 0 Å². The van der Waals surface area contributed by atoms with E-state index in [9.17, 15) is 0 Å². The number of benzene rings is 10. The van der Waals surface area contributed by atoms with E-state index in [1.165, 1.54) is 228 Å². The minimum absolute atomic E-state index is 1.07. The van der Waals surface area contributed by atoms with Crippen LogP contribution in [0.3, 0.4) is 0 Å². The van der Waals surface area contributed by atoms with Gasteiger partial charge in [0.2, 0.25) is 28.5 Å². The minimum Gasteiger partial charge on any atom is -0.198 e. The standard InChI is InChI=1S/C23H28N.2C21H24N.C20H22N.C19H20N/c1-7-18-13-19(8-2)17(5)21(14-18)23-22-11-15(3)9-10-20(22)12-16(4)24(23)6;1-13-7-8-18-12-16(4)22(6)21(20(18)10-13)19-11-14(2)9-15(3)17(19)5;1-6-17-9-8-15(3)19(13-17)21-20-11-14(2)7-10-18(20)12-16(4)22(21)5;1-13-6-8-15(3)18(10-13)20-19-11-14(2)7-9-17(19)12-16(4)21(20)5;1-13-9-10-16-12-15(3)20(4)19(18(16)11-13)17-8-6-5-7-14(17)2/h9-14H,7-8H2,1-6H3;7-12H,1-6H3;7-13H,6H2,1-5H3;6-12H,1-5H3;5-12H,1-4H3/q5*+1. The maximum Gasteiger partial charge on any atom is 0.220 e. The molecule has 5 nitrogen and oxygen atoms in total. The van der Waals surface area contributed by atoms with Crippen LogP contribution in [0.5, 0.6) is 0 Å². The molecule has 0 N–H and O–H groups in total. The first-order valence-corrected chi connectivity index (χ1v) is 39.3. The summed E-state index contributed by atoms with van der Waals surface area (Å²) in [5, 5.41) is 13.3. The Kier molecular flexibility index (Phi) is 24.3. The van der Waals surface area contributed by atoms with E-state index < -0.39 is 0 Å². The van der Waals surface area contributed by atoms with Gasteiger partial charge in [0.05, 0.1) is 38.1 Å². The molecule has 0 saturated heterocycles. The third-order valence-electron chi connectivity index (χ3n) is 23.2. The molecule has 0 bridgehead atoms. The van der Waals surface area contributed by atoms with Gasteiger partial charge in [-0.2, -0.15) is 22.8 Å². The van der Waals surface area contributed by atoms with Crippen LogP contribution < -0.4 is 22.8 Å². The van der Waals surface area contributed by atoms with Crippen LogP contribution >= 0.6 is 0 Å². The van der Waals surface area contributed by atoms with Crippen LogP contribution in [0.15, 0.2) is 206 Å². The normalized spacial score (nSPS) is 11.1. The zero-order valence-corrected chi connectivity index (χ0v) is 70.5. The van der Waals surface area contributed by atoms with E-state index in [1.54, 1.807) is 0 Å². The van der Waals surface area contributed by atoms with E-state index in [2.05, 4.69) is 410 Å². The third kappa shape index (κ3) is 16.8. The molecule has 10 aromatic carbocycles. The molecule has 0 atom stereocenters. The highest BCUT2D eigenvalue weighted by molar-refractivity contribution is 5.99. The van der Waals surface area contributed by atoms with Crippen molar-refractivity contribution in [3.05, 3.63) is 324 Å². The van der Waals surface area contributed by atoms with E-state index in [1.807, 2.05) is 0 Å². The second-order valence-corrected chi connectivity index (χ2v) is 31.4. The average Bonchev–Trinajstić information content (AvgIpc) is 0.790. The van der Waals surface area contributed by atoms with Crippen molar-refractivity contribution >= 4 is 53.9 Å². The summed E-state index contributed by atoms with van der Waals surface area (Å²) in [6.07, 6.45) is 3.23. The molecule has 5 aromatic heterocycles. The van der Waals surface area contributed by atoms with E-state index in [0.717, 1.165) is 19.3 Å². The first-order chi connectivity index (χ1) is 51.9. The number of rotatable bonds is 8. The molecule has 0 saturated carbocycles. The van der Waals surface area contributed by atoms with Crippen molar-refractivity contribution in [2.75, 3.05) is 0 Å². The number of nitrogens with zero attached hydrogens (tertiary/aromatic N) is 5. The Morgan fingerprint density at radius 3 is 0.872 bits per heavy atom. The first kappa shape index (κ1) is 79.3. The number of pyridine rings is 5. The summed E-state index contributed by atoms with van der Waals surface area (Å²) in [4.78, 5) is 0. The van der Waals surface area contributed by atoms with Crippen molar-refractivity contribution in [1.82, 2.24) is 0 Å². The summed E-state index contributed by atoms with van der Waals surface area (Å²) in [7, 11) is 10.8. The van der Waals surface area contributed by atoms with E-state index in [4.69, 9.17) is 0 Å². The van der Waals surface area contributed by atoms with Gasteiger partial charge in [0.25, 0.3) is 0 Å². The lowest BCUT2D eigenvalue weighted by Gasteiger charge is -2.14. The molecular weight excluding hydrogens is 1320 g/mol. The summed E-state index contributed by atoms with van der Waals surface area (Å²) in [6.45, 7) is 46.1. The molecule has 0 amide bonds. The van der Waals surface area contributed by atoms with Crippen LogP contribution in [0.2, 0.25) is 0 Å². The molecular formula is C104H118N5+5. The SMILES string of the molecule is CCc1cc(CC)c(C)c(-c2c3cc(C)ccc3cc(C)[n+]2C)c1.CCc1ccc(C)c(-c2c3cc(C)ccc3cc(C)[n+]2C)c1.Cc1cc(C)c(C)c(-c2c3cc(C)ccc3cc(C)[n+]2C)c1.Cc1ccc(C)c(-c2c3cc(C)ccc3cc(C)[n+]2C)c1.Cc1ccc2cc(C)[n+](C)c(-c3ccccc3C)c2c1. The lowest BCUT2D eigenvalue weighted by Crippen LogP contribution is -2.35. The van der Waals surface area contributed by atoms with Gasteiger partial charge in [-0.25, -0.2) is 0 Å². The van der Waals surface area contributed by atoms with Crippen molar-refractivity contribution in [2.45, 2.75) is 165 Å². The second-order valence-electron chi connectivity index (χ2n) is 31.4. The second kappa shape index (κ2) is 33.4. The summed E-state index contributed by atoms with van der Waals surface area (Å²) in [5.74, 6) is 0. The van der Waals surface area contributed by atoms with Gasteiger partial charge in [0, 0.05) is 81.6 Å². The third-order valence-corrected chi connectivity index (χ3v) is 23.2. The Hall–Kier alpha value is -10.8. The molecule has 0 aliphatic rings. The number of hydrogen-bond donors (Lipinski definition) is 0. The fourth-order valence-electron chi connectivity index (χ4n) is 15.9. The highest BCUT2D eigenvalue weighted by Crippen LogP contribution is 2.37. The Balaban J connectivity index is 0.000000135. The Labute approximate surface area is 652 Å². The molecule has 15 aromatic rings. The highest BCUT2D eigenvalue weighted by atomic mass is 15.0. The monoisotopic (exact) mass is 1440 g/mol. The van der Waals surface area contributed by atoms with Gasteiger partial charge in [-0.3, -0.25) is 0 Å². The van der Waals surface area contributed by atoms with Crippen LogP contribution in [0.25, 0.3) is 110 Å². The largest absolute Gasteiger partial charge is 0.220 e. The zero-order valence-electron chi connectivity index (χ0n) is 70.5. The molecule has 0 aliphatic carbocycles. The maximum absolute atomic E-state index is 2.39. The van der Waals surface area contributed by atoms with E-state index in [0.29, 0.717) is 0 Å². The fourth-order valence-corrected chi connectivity index (χ4v) is 15.9. The van der Waals surface area contributed by atoms with E-state index >= 15 is 0 Å². The van der Waals surface area contributed by atoms with Crippen molar-refractivity contribution in [3.8, 4) is 56.3 Å². The van der Waals surface area contributed by atoms with Gasteiger partial charge in [0.1, 0.15) is 35.2 Å². The molecule has 0 fully saturated rings. The highest BCUT2D eigenvalue weighted by Gasteiger charge is 2.26. The summed E-state index contributed by atoms with van der Waals surface area (Å²) >= 11 is 0. The predicted molar refractivity (Wildman–Crippen MR) is 466 cm³/mol. The maximum atomic E-state index is 2.39. The van der Waals surface area contributed by atoms with Crippen LogP contribution in [0.1, 0.15) is 138 Å². The molecule has 15 rings (SSSR count). The van der Waals surface area contributed by atoms with Crippen LogP contribution in [-0.2, 0) is 54.5 Å². The number of fused-ring (bicyclic) bond motifs is 5. The lowest BCUT2D eigenvalue weighted by molar-refractivity contribution is -0.665. The average molecular weight is 1440 g/mol. The van der Waals surface area contributed by atoms with Crippen LogP contribution in [0, 0.1) is 125 Å². The minimum atomic E-state index is 1.07. The molecule has 554 valence electrons. The molecule has 0 spiro atoms. The van der Waals surface area contributed by atoms with Crippen molar-refractivity contribution in [3.63, 3.8) is 0 Å². The summed E-state index contributed by atoms with van der Waals surface area (Å²) in [5.41, 5.74) is 41.3. The number of hydrogen-bond acceptors (Lipinski definition) is 0. The van der Waals surface area contributed by atoms with Crippen molar-refractivity contribution in [1.29, 1.82) is 0 Å². The summed E-state index contributed by atoms with van der Waals surface area (Å²) in [6, 6.07) is 76.5. The first-order valence-electron chi connectivity index (χ1n) is 39.3. The molecule has 5 heterocycles. The van der Waals surface area contributed by atoms with Gasteiger partial charge >= 0.3 is 0 Å². The molecule has 5 heteroatoms. The zero-order chi connectivity index (χ0) is 78.7. The molecule has 109 heavy (non-hydrogen) atoms. The smallest absolute Gasteiger partial charge is 0.198 e. The molecule has 0 radical (unpaired) electrons. The van der Waals surface area contributed by atoms with Gasteiger partial charge in [-0.15, -0.1) is 0 Å². The molecule has 0 unspecified atom stereocenters. The lowest BCUT2D eigenvalue weighted by atomic mass is 9.91. The predicted octanol–water partition coefficient (Wildman–Crippen LogP) is 23.9. The fraction of sp³-hybridized carbons (Fsp3) is 0.279. The van der Waals surface area contributed by atoms with Gasteiger partial charge in [0.15, 0.2) is 28.5 Å². The molecule has 0 aliphatic heterocycles. The number of aryl methyl sites for hydroxylation is 19. The topological polar surface area (TPSA) is 19.4 Å². The van der Waals surface area contributed by atoms with Gasteiger partial charge < -0.3 is 0 Å². The number of aromatic nitrogens is 5. The van der Waals surface area contributed by atoms with Crippen molar-refractivity contribution in [2.24, 2.45) is 35.2 Å². The van der Waals surface area contributed by atoms with Gasteiger partial charge in [-0.05, 0) is 247 Å². The quantitative estimate of drug-likeness (QED) is 0.135. The van der Waals surface area contributed by atoms with Crippen LogP contribution in [-0.4, -0.2) is 0 Å². The Morgan fingerprint density at radius 1 is 0.211 bits per heavy atom. The van der Waals surface area contributed by atoms with Crippen molar-refractivity contribution < 1.29 is 22.8 Å². The summed E-state index contributed by atoms with van der Waals surface area (Å²) < 4.78 is 11.6. The Morgan fingerprint density at radius 2 is 0.505 bits per heavy atom.